The van der Waals surface area contributed by atoms with Gasteiger partial charge in [0, 0.05) is 44.2 Å². The Balaban J connectivity index is 1.27. The zero-order chi connectivity index (χ0) is 19.6. The largest absolute Gasteiger partial charge is 0.367 e. The van der Waals surface area contributed by atoms with E-state index in [0.717, 1.165) is 49.3 Å². The quantitative estimate of drug-likeness (QED) is 0.723. The van der Waals surface area contributed by atoms with Crippen LogP contribution in [-0.2, 0) is 6.54 Å². The molecule has 0 radical (unpaired) electrons. The van der Waals surface area contributed by atoms with E-state index < -0.39 is 0 Å². The monoisotopic (exact) mass is 385 g/mol. The Labute approximate surface area is 171 Å². The summed E-state index contributed by atoms with van der Waals surface area (Å²) in [5.41, 5.74) is 6.36. The summed E-state index contributed by atoms with van der Waals surface area (Å²) in [6.45, 7) is 5.00. The minimum absolute atomic E-state index is 0.0409. The van der Waals surface area contributed by atoms with Crippen molar-refractivity contribution in [3.05, 3.63) is 82.2 Å². The van der Waals surface area contributed by atoms with Crippen molar-refractivity contribution in [2.24, 2.45) is 0 Å². The van der Waals surface area contributed by atoms with Gasteiger partial charge in [0.1, 0.15) is 0 Å². The zero-order valence-electron chi connectivity index (χ0n) is 16.7. The predicted octanol–water partition coefficient (Wildman–Crippen LogP) is 4.42. The van der Waals surface area contributed by atoms with E-state index in [1.165, 1.54) is 36.0 Å². The van der Waals surface area contributed by atoms with Crippen molar-refractivity contribution in [3.63, 3.8) is 0 Å². The number of hydrogen-bond donors (Lipinski definition) is 1. The Kier molecular flexibility index (Phi) is 4.94. The van der Waals surface area contributed by atoms with E-state index in [1.54, 1.807) is 6.07 Å². The van der Waals surface area contributed by atoms with Crippen LogP contribution in [0.5, 0.6) is 0 Å². The molecule has 0 amide bonds. The van der Waals surface area contributed by atoms with Crippen molar-refractivity contribution < 1.29 is 0 Å². The molecule has 0 unspecified atom stereocenters. The summed E-state index contributed by atoms with van der Waals surface area (Å²) in [6, 6.07) is 18.8. The normalized spacial score (nSPS) is 17.7. The lowest BCUT2D eigenvalue weighted by Crippen LogP contribution is -2.46. The van der Waals surface area contributed by atoms with Gasteiger partial charge in [0.15, 0.2) is 0 Å². The maximum Gasteiger partial charge on any atom is 0.248 e. The SMILES string of the molecule is O=c1ccc2cccc(N3CCN(Cc4cccc(C5=CCCC5)c4)CC3)c2[nH]1. The van der Waals surface area contributed by atoms with Crippen molar-refractivity contribution in [1.29, 1.82) is 0 Å². The smallest absolute Gasteiger partial charge is 0.248 e. The Morgan fingerprint density at radius 3 is 2.62 bits per heavy atom. The van der Waals surface area contributed by atoms with Gasteiger partial charge < -0.3 is 9.88 Å². The molecule has 0 atom stereocenters. The molecule has 5 rings (SSSR count). The first-order valence-corrected chi connectivity index (χ1v) is 10.6. The van der Waals surface area contributed by atoms with Crippen LogP contribution in [0.3, 0.4) is 0 Å². The average molecular weight is 386 g/mol. The van der Waals surface area contributed by atoms with Crippen molar-refractivity contribution in [2.75, 3.05) is 31.1 Å². The summed E-state index contributed by atoms with van der Waals surface area (Å²) < 4.78 is 0. The molecule has 3 aromatic rings. The number of piperazine rings is 1. The van der Waals surface area contributed by atoms with E-state index in [9.17, 15) is 4.79 Å². The standard InChI is InChI=1S/C25H27N3O/c29-24-12-11-21-8-4-10-23(25(21)26-24)28-15-13-27(14-16-28)18-19-5-3-9-22(17-19)20-6-1-2-7-20/h3-6,8-12,17H,1-2,7,13-16,18H2,(H,26,29). The van der Waals surface area contributed by atoms with Crippen LogP contribution in [0.25, 0.3) is 16.5 Å². The summed E-state index contributed by atoms with van der Waals surface area (Å²) in [4.78, 5) is 19.8. The lowest BCUT2D eigenvalue weighted by molar-refractivity contribution is 0.250. The van der Waals surface area contributed by atoms with Gasteiger partial charge in [-0.05, 0) is 48.1 Å². The predicted molar refractivity (Wildman–Crippen MR) is 120 cm³/mol. The fourth-order valence-corrected chi connectivity index (χ4v) is 4.63. The van der Waals surface area contributed by atoms with Gasteiger partial charge >= 0.3 is 0 Å². The topological polar surface area (TPSA) is 39.3 Å². The molecule has 2 heterocycles. The number of nitrogens with zero attached hydrogens (tertiary/aromatic N) is 2. The Bertz CT molecular complexity index is 1110. The average Bonchev–Trinajstić information content (AvgIpc) is 3.29. The van der Waals surface area contributed by atoms with Crippen LogP contribution >= 0.6 is 0 Å². The molecule has 2 aliphatic rings. The van der Waals surface area contributed by atoms with Gasteiger partial charge in [-0.3, -0.25) is 9.69 Å². The second-order valence-electron chi connectivity index (χ2n) is 8.15. The lowest BCUT2D eigenvalue weighted by Gasteiger charge is -2.36. The van der Waals surface area contributed by atoms with Crippen LogP contribution in [0.1, 0.15) is 30.4 Å². The third-order valence-corrected chi connectivity index (χ3v) is 6.20. The summed E-state index contributed by atoms with van der Waals surface area (Å²) in [6.07, 6.45) is 6.13. The fourth-order valence-electron chi connectivity index (χ4n) is 4.63. The molecule has 1 aliphatic carbocycles. The van der Waals surface area contributed by atoms with E-state index in [-0.39, 0.29) is 5.56 Å². The Hall–Kier alpha value is -2.85. The van der Waals surface area contributed by atoms with Crippen LogP contribution in [0.4, 0.5) is 5.69 Å². The van der Waals surface area contributed by atoms with E-state index in [0.29, 0.717) is 0 Å². The maximum absolute atomic E-state index is 11.8. The van der Waals surface area contributed by atoms with Crippen LogP contribution in [-0.4, -0.2) is 36.1 Å². The molecule has 1 N–H and O–H groups in total. The highest BCUT2D eigenvalue weighted by atomic mass is 16.1. The van der Waals surface area contributed by atoms with Gasteiger partial charge in [-0.1, -0.05) is 42.5 Å². The summed E-state index contributed by atoms with van der Waals surface area (Å²) >= 11 is 0. The number of para-hydroxylation sites is 1. The third kappa shape index (κ3) is 3.85. The number of allylic oxidation sites excluding steroid dienone is 2. The minimum atomic E-state index is -0.0409. The number of pyridine rings is 1. The number of anilines is 1. The number of aromatic amines is 1. The van der Waals surface area contributed by atoms with Crippen molar-refractivity contribution in [2.45, 2.75) is 25.8 Å². The van der Waals surface area contributed by atoms with Crippen molar-refractivity contribution in [3.8, 4) is 0 Å². The van der Waals surface area contributed by atoms with E-state index in [1.807, 2.05) is 6.07 Å². The van der Waals surface area contributed by atoms with Crippen LogP contribution in [0.15, 0.2) is 65.5 Å². The van der Waals surface area contributed by atoms with Gasteiger partial charge in [-0.2, -0.15) is 0 Å². The molecule has 148 valence electrons. The van der Waals surface area contributed by atoms with Gasteiger partial charge in [-0.15, -0.1) is 0 Å². The lowest BCUT2D eigenvalue weighted by atomic mass is 10.0. The van der Waals surface area contributed by atoms with E-state index >= 15 is 0 Å². The zero-order valence-corrected chi connectivity index (χ0v) is 16.7. The third-order valence-electron chi connectivity index (χ3n) is 6.20. The molecule has 2 aromatic carbocycles. The number of H-pyrrole nitrogens is 1. The highest BCUT2D eigenvalue weighted by molar-refractivity contribution is 5.90. The first kappa shape index (κ1) is 18.2. The summed E-state index contributed by atoms with van der Waals surface area (Å²) in [7, 11) is 0. The van der Waals surface area contributed by atoms with Gasteiger partial charge in [0.2, 0.25) is 5.56 Å². The molecule has 0 spiro atoms. The molecule has 1 saturated heterocycles. The molecule has 4 heteroatoms. The molecule has 0 bridgehead atoms. The number of nitrogens with one attached hydrogen (secondary N) is 1. The highest BCUT2D eigenvalue weighted by Gasteiger charge is 2.19. The van der Waals surface area contributed by atoms with Crippen LogP contribution < -0.4 is 10.5 Å². The first-order valence-electron chi connectivity index (χ1n) is 10.6. The second-order valence-corrected chi connectivity index (χ2v) is 8.15. The van der Waals surface area contributed by atoms with Crippen molar-refractivity contribution in [1.82, 2.24) is 9.88 Å². The minimum Gasteiger partial charge on any atom is -0.367 e. The number of hydrogen-bond acceptors (Lipinski definition) is 3. The molecule has 1 aliphatic heterocycles. The van der Waals surface area contributed by atoms with Crippen molar-refractivity contribution >= 4 is 22.2 Å². The highest BCUT2D eigenvalue weighted by Crippen LogP contribution is 2.29. The van der Waals surface area contributed by atoms with Gasteiger partial charge in [0.25, 0.3) is 0 Å². The van der Waals surface area contributed by atoms with Crippen LogP contribution in [0.2, 0.25) is 0 Å². The number of benzene rings is 2. The summed E-state index contributed by atoms with van der Waals surface area (Å²) in [5.74, 6) is 0. The van der Waals surface area contributed by atoms with Gasteiger partial charge in [-0.25, -0.2) is 0 Å². The van der Waals surface area contributed by atoms with Gasteiger partial charge in [0.05, 0.1) is 11.2 Å². The Morgan fingerprint density at radius 2 is 1.79 bits per heavy atom. The Morgan fingerprint density at radius 1 is 0.931 bits per heavy atom. The second kappa shape index (κ2) is 7.88. The molecular weight excluding hydrogens is 358 g/mol. The van der Waals surface area contributed by atoms with E-state index in [2.05, 4.69) is 63.3 Å². The number of aromatic nitrogens is 1. The molecule has 1 fully saturated rings. The molecule has 1 aromatic heterocycles. The van der Waals surface area contributed by atoms with E-state index in [4.69, 9.17) is 0 Å². The molecule has 4 nitrogen and oxygen atoms in total. The van der Waals surface area contributed by atoms with Crippen LogP contribution in [0, 0.1) is 0 Å². The molecule has 0 saturated carbocycles. The maximum atomic E-state index is 11.8. The molecular formula is C25H27N3O. The number of fused-ring (bicyclic) bond motifs is 1. The number of rotatable bonds is 4. The molecule has 29 heavy (non-hydrogen) atoms. The summed E-state index contributed by atoms with van der Waals surface area (Å²) in [5, 5.41) is 1.09. The fraction of sp³-hybridized carbons (Fsp3) is 0.320. The first-order chi connectivity index (χ1) is 14.3.